The zero-order valence-electron chi connectivity index (χ0n) is 14.8. The van der Waals surface area contributed by atoms with E-state index in [2.05, 4.69) is 42.6 Å². The lowest BCUT2D eigenvalue weighted by Crippen LogP contribution is -2.43. The lowest BCUT2D eigenvalue weighted by Gasteiger charge is -2.23. The molecule has 0 radical (unpaired) electrons. The van der Waals surface area contributed by atoms with E-state index in [0.717, 1.165) is 44.1 Å². The molecule has 0 aromatic carbocycles. The van der Waals surface area contributed by atoms with Crippen LogP contribution in [0.1, 0.15) is 46.5 Å². The van der Waals surface area contributed by atoms with Gasteiger partial charge in [0.05, 0.1) is 6.54 Å². The predicted octanol–water partition coefficient (Wildman–Crippen LogP) is 2.56. The fourth-order valence-electron chi connectivity index (χ4n) is 2.49. The molecule has 0 aliphatic heterocycles. The van der Waals surface area contributed by atoms with Gasteiger partial charge in [0.15, 0.2) is 5.96 Å². The van der Waals surface area contributed by atoms with Gasteiger partial charge in [-0.3, -0.25) is 9.89 Å². The van der Waals surface area contributed by atoms with Crippen LogP contribution in [0.25, 0.3) is 0 Å². The Morgan fingerprint density at radius 2 is 1.95 bits per heavy atom. The van der Waals surface area contributed by atoms with Gasteiger partial charge in [-0.25, -0.2) is 0 Å². The molecule has 2 aliphatic carbocycles. The van der Waals surface area contributed by atoms with Crippen LogP contribution in [0.15, 0.2) is 4.99 Å². The van der Waals surface area contributed by atoms with E-state index in [0.29, 0.717) is 0 Å². The Balaban J connectivity index is 1.73. The molecule has 2 fully saturated rings. The number of rotatable bonds is 10. The Labute approximate surface area is 140 Å². The average molecular weight is 327 g/mol. The zero-order valence-corrected chi connectivity index (χ0v) is 15.6. The van der Waals surface area contributed by atoms with Gasteiger partial charge in [0.25, 0.3) is 0 Å². The quantitative estimate of drug-likeness (QED) is 0.478. The third-order valence-corrected chi connectivity index (χ3v) is 5.69. The highest BCUT2D eigenvalue weighted by molar-refractivity contribution is 7.99. The van der Waals surface area contributed by atoms with E-state index in [4.69, 9.17) is 4.99 Å². The standard InChI is InChI=1S/C17H34N4S/c1-5-18-16(20-13-17(2,3)22-4)19-10-11-21(15-8-9-15)12-14-6-7-14/h14-15H,5-13H2,1-4H3,(H2,18,19,20). The van der Waals surface area contributed by atoms with Gasteiger partial charge < -0.3 is 10.6 Å². The lowest BCUT2D eigenvalue weighted by atomic mass is 10.2. The van der Waals surface area contributed by atoms with E-state index in [1.165, 1.54) is 32.2 Å². The Morgan fingerprint density at radius 1 is 1.23 bits per heavy atom. The molecule has 0 heterocycles. The summed E-state index contributed by atoms with van der Waals surface area (Å²) in [6.45, 7) is 11.8. The predicted molar refractivity (Wildman–Crippen MR) is 98.9 cm³/mol. The summed E-state index contributed by atoms with van der Waals surface area (Å²) in [6.07, 6.45) is 7.86. The van der Waals surface area contributed by atoms with E-state index in [9.17, 15) is 0 Å². The van der Waals surface area contributed by atoms with Gasteiger partial charge in [0.1, 0.15) is 0 Å². The summed E-state index contributed by atoms with van der Waals surface area (Å²) in [6, 6.07) is 0.873. The molecule has 2 N–H and O–H groups in total. The van der Waals surface area contributed by atoms with Crippen LogP contribution < -0.4 is 10.6 Å². The number of thioether (sulfide) groups is 1. The third-order valence-electron chi connectivity index (χ3n) is 4.46. The number of guanidine groups is 1. The smallest absolute Gasteiger partial charge is 0.191 e. The summed E-state index contributed by atoms with van der Waals surface area (Å²) in [5.74, 6) is 1.96. The van der Waals surface area contributed by atoms with Crippen molar-refractivity contribution in [1.82, 2.24) is 15.5 Å². The van der Waals surface area contributed by atoms with Crippen LogP contribution in [0.5, 0.6) is 0 Å². The van der Waals surface area contributed by atoms with Crippen LogP contribution in [0.3, 0.4) is 0 Å². The molecular weight excluding hydrogens is 292 g/mol. The molecule has 2 rings (SSSR count). The number of hydrogen-bond donors (Lipinski definition) is 2. The lowest BCUT2D eigenvalue weighted by molar-refractivity contribution is 0.256. The van der Waals surface area contributed by atoms with E-state index < -0.39 is 0 Å². The van der Waals surface area contributed by atoms with Crippen LogP contribution in [-0.4, -0.2) is 60.6 Å². The van der Waals surface area contributed by atoms with E-state index in [1.54, 1.807) is 0 Å². The molecule has 5 heteroatoms. The second-order valence-corrected chi connectivity index (χ2v) is 8.77. The van der Waals surface area contributed by atoms with E-state index in [-0.39, 0.29) is 4.75 Å². The Kier molecular flexibility index (Phi) is 6.87. The van der Waals surface area contributed by atoms with Crippen molar-refractivity contribution >= 4 is 17.7 Å². The zero-order chi connectivity index (χ0) is 16.0. The first-order valence-corrected chi connectivity index (χ1v) is 10.1. The molecule has 0 spiro atoms. The van der Waals surface area contributed by atoms with Gasteiger partial charge in [-0.05, 0) is 58.6 Å². The SMILES string of the molecule is CCNC(=NCC(C)(C)SC)NCCN(CC1CC1)C1CC1. The van der Waals surface area contributed by atoms with Crippen LogP contribution in [-0.2, 0) is 0 Å². The first kappa shape index (κ1) is 17.9. The van der Waals surface area contributed by atoms with Crippen LogP contribution in [0.4, 0.5) is 0 Å². The van der Waals surface area contributed by atoms with Gasteiger partial charge in [-0.1, -0.05) is 0 Å². The summed E-state index contributed by atoms with van der Waals surface area (Å²) in [4.78, 5) is 7.44. The molecular formula is C17H34N4S. The molecule has 22 heavy (non-hydrogen) atoms. The largest absolute Gasteiger partial charge is 0.357 e. The number of nitrogens with zero attached hydrogens (tertiary/aromatic N) is 2. The topological polar surface area (TPSA) is 39.7 Å². The fraction of sp³-hybridized carbons (Fsp3) is 0.941. The maximum absolute atomic E-state index is 4.74. The molecule has 0 atom stereocenters. The minimum Gasteiger partial charge on any atom is -0.357 e. The normalized spacial score (nSPS) is 19.6. The molecule has 0 aromatic rings. The second-order valence-electron chi connectivity index (χ2n) is 7.26. The minimum atomic E-state index is 0.203. The van der Waals surface area contributed by atoms with Gasteiger partial charge >= 0.3 is 0 Å². The molecule has 128 valence electrons. The van der Waals surface area contributed by atoms with Crippen molar-refractivity contribution in [2.75, 3.05) is 39.0 Å². The summed E-state index contributed by atoms with van der Waals surface area (Å²) in [7, 11) is 0. The van der Waals surface area contributed by atoms with Crippen molar-refractivity contribution in [3.8, 4) is 0 Å². The molecule has 0 amide bonds. The van der Waals surface area contributed by atoms with Gasteiger partial charge in [0, 0.05) is 37.0 Å². The van der Waals surface area contributed by atoms with Crippen molar-refractivity contribution < 1.29 is 0 Å². The van der Waals surface area contributed by atoms with Crippen LogP contribution in [0.2, 0.25) is 0 Å². The highest BCUT2D eigenvalue weighted by atomic mass is 32.2. The number of nitrogens with one attached hydrogen (secondary N) is 2. The Hall–Kier alpha value is -0.420. The summed E-state index contributed by atoms with van der Waals surface area (Å²) in [5.41, 5.74) is 0. The highest BCUT2D eigenvalue weighted by Gasteiger charge is 2.33. The minimum absolute atomic E-state index is 0.203. The first-order valence-electron chi connectivity index (χ1n) is 8.85. The molecule has 0 aromatic heterocycles. The number of hydrogen-bond acceptors (Lipinski definition) is 3. The summed E-state index contributed by atoms with van der Waals surface area (Å²) < 4.78 is 0.203. The van der Waals surface area contributed by atoms with Crippen molar-refractivity contribution in [3.05, 3.63) is 0 Å². The Bertz CT molecular complexity index is 362. The average Bonchev–Trinajstić information content (AvgIpc) is 3.37. The fourth-order valence-corrected chi connectivity index (χ4v) is 2.68. The maximum atomic E-state index is 4.74. The second kappa shape index (κ2) is 8.44. The van der Waals surface area contributed by atoms with Gasteiger partial charge in [-0.15, -0.1) is 0 Å². The monoisotopic (exact) mass is 326 g/mol. The third kappa shape index (κ3) is 6.78. The van der Waals surface area contributed by atoms with E-state index >= 15 is 0 Å². The Morgan fingerprint density at radius 3 is 2.50 bits per heavy atom. The van der Waals surface area contributed by atoms with Crippen LogP contribution >= 0.6 is 11.8 Å². The molecule has 2 aliphatic rings. The van der Waals surface area contributed by atoms with Crippen molar-refractivity contribution in [1.29, 1.82) is 0 Å². The summed E-state index contributed by atoms with van der Waals surface area (Å²) in [5, 5.41) is 6.87. The molecule has 0 bridgehead atoms. The molecule has 4 nitrogen and oxygen atoms in total. The molecule has 2 saturated carbocycles. The maximum Gasteiger partial charge on any atom is 0.191 e. The first-order chi connectivity index (χ1) is 10.5. The van der Waals surface area contributed by atoms with Gasteiger partial charge in [-0.2, -0.15) is 11.8 Å². The van der Waals surface area contributed by atoms with Crippen molar-refractivity contribution in [3.63, 3.8) is 0 Å². The van der Waals surface area contributed by atoms with E-state index in [1.807, 2.05) is 11.8 Å². The van der Waals surface area contributed by atoms with Crippen molar-refractivity contribution in [2.24, 2.45) is 10.9 Å². The molecule has 0 unspecified atom stereocenters. The summed E-state index contributed by atoms with van der Waals surface area (Å²) >= 11 is 1.87. The van der Waals surface area contributed by atoms with Crippen LogP contribution in [0, 0.1) is 5.92 Å². The van der Waals surface area contributed by atoms with Crippen molar-refractivity contribution in [2.45, 2.75) is 57.2 Å². The molecule has 0 saturated heterocycles. The highest BCUT2D eigenvalue weighted by Crippen LogP contribution is 2.34. The van der Waals surface area contributed by atoms with Gasteiger partial charge in [0.2, 0.25) is 0 Å². The number of aliphatic imine (C=N–C) groups is 1.